The summed E-state index contributed by atoms with van der Waals surface area (Å²) in [6, 6.07) is 4.33. The number of ether oxygens (including phenoxy) is 1. The van der Waals surface area contributed by atoms with Crippen LogP contribution in [0.25, 0.3) is 0 Å². The summed E-state index contributed by atoms with van der Waals surface area (Å²) >= 11 is 0. The van der Waals surface area contributed by atoms with Crippen LogP contribution >= 0.6 is 0 Å². The second-order valence-corrected chi connectivity index (χ2v) is 8.11. The van der Waals surface area contributed by atoms with Gasteiger partial charge in [-0.3, -0.25) is 9.88 Å². The number of pyridine rings is 1. The number of hydrogen-bond acceptors (Lipinski definition) is 4. The molecule has 1 aliphatic heterocycles. The van der Waals surface area contributed by atoms with Crippen molar-refractivity contribution < 1.29 is 4.74 Å². The molecule has 0 aliphatic carbocycles. The third kappa shape index (κ3) is 4.15. The molecule has 0 aromatic carbocycles. The average Bonchev–Trinajstić information content (AvgIpc) is 3.29. The molecule has 142 valence electrons. The predicted octanol–water partition coefficient (Wildman–Crippen LogP) is 3.64. The van der Waals surface area contributed by atoms with Crippen LogP contribution in [0, 0.1) is 12.3 Å². The number of aromatic nitrogens is 3. The van der Waals surface area contributed by atoms with Gasteiger partial charge in [0.1, 0.15) is 0 Å². The molecule has 1 atom stereocenters. The third-order valence-corrected chi connectivity index (χ3v) is 5.92. The maximum atomic E-state index is 5.91. The van der Waals surface area contributed by atoms with E-state index in [4.69, 9.17) is 4.74 Å². The molecule has 5 nitrogen and oxygen atoms in total. The quantitative estimate of drug-likeness (QED) is 0.724. The van der Waals surface area contributed by atoms with Gasteiger partial charge in [-0.25, -0.2) is 4.98 Å². The Kier molecular flexibility index (Phi) is 5.78. The van der Waals surface area contributed by atoms with Gasteiger partial charge in [-0.05, 0) is 58.7 Å². The molecule has 5 heteroatoms. The van der Waals surface area contributed by atoms with Crippen molar-refractivity contribution in [2.24, 2.45) is 5.41 Å². The fourth-order valence-electron chi connectivity index (χ4n) is 3.92. The van der Waals surface area contributed by atoms with Crippen molar-refractivity contribution >= 4 is 0 Å². The Hall–Kier alpha value is -1.72. The van der Waals surface area contributed by atoms with E-state index >= 15 is 0 Å². The molecule has 1 saturated heterocycles. The molecule has 1 fully saturated rings. The maximum absolute atomic E-state index is 5.91. The predicted molar refractivity (Wildman–Crippen MR) is 104 cm³/mol. The minimum absolute atomic E-state index is 0.0241. The first-order chi connectivity index (χ1) is 12.5. The van der Waals surface area contributed by atoms with Crippen molar-refractivity contribution in [3.63, 3.8) is 0 Å². The molecule has 0 saturated carbocycles. The lowest BCUT2D eigenvalue weighted by molar-refractivity contribution is 0.0359. The van der Waals surface area contributed by atoms with E-state index in [0.717, 1.165) is 45.0 Å². The normalized spacial score (nSPS) is 21.4. The number of rotatable bonds is 8. The summed E-state index contributed by atoms with van der Waals surface area (Å²) in [4.78, 5) is 11.3. The van der Waals surface area contributed by atoms with E-state index in [-0.39, 0.29) is 11.0 Å². The van der Waals surface area contributed by atoms with Gasteiger partial charge < -0.3 is 9.30 Å². The number of imidazole rings is 1. The lowest BCUT2D eigenvalue weighted by Gasteiger charge is -2.38. The number of nitrogens with zero attached hydrogens (tertiary/aromatic N) is 4. The minimum Gasteiger partial charge on any atom is -0.381 e. The van der Waals surface area contributed by atoms with Gasteiger partial charge in [0.15, 0.2) is 0 Å². The van der Waals surface area contributed by atoms with Gasteiger partial charge in [0, 0.05) is 54.9 Å². The summed E-state index contributed by atoms with van der Waals surface area (Å²) in [5.41, 5.74) is 2.53. The van der Waals surface area contributed by atoms with Crippen LogP contribution in [0.3, 0.4) is 0 Å². The number of aryl methyl sites for hydroxylation is 2. The van der Waals surface area contributed by atoms with Crippen molar-refractivity contribution in [3.8, 4) is 0 Å². The van der Waals surface area contributed by atoms with Gasteiger partial charge in [0.25, 0.3) is 0 Å². The van der Waals surface area contributed by atoms with E-state index < -0.39 is 0 Å². The molecule has 0 radical (unpaired) electrons. The molecule has 0 amide bonds. The number of hydrogen-bond donors (Lipinski definition) is 0. The lowest BCUT2D eigenvalue weighted by Crippen LogP contribution is -2.42. The molecule has 0 bridgehead atoms. The zero-order valence-electron chi connectivity index (χ0n) is 16.6. The third-order valence-electron chi connectivity index (χ3n) is 5.92. The Labute approximate surface area is 157 Å². The maximum Gasteiger partial charge on any atom is 0.0945 e. The van der Waals surface area contributed by atoms with Gasteiger partial charge in [-0.2, -0.15) is 0 Å². The molecule has 3 rings (SSSR count). The Balaban J connectivity index is 1.73. The molecule has 0 spiro atoms. The summed E-state index contributed by atoms with van der Waals surface area (Å²) < 4.78 is 8.08. The van der Waals surface area contributed by atoms with Crippen LogP contribution < -0.4 is 0 Å². The van der Waals surface area contributed by atoms with Crippen molar-refractivity contribution in [3.05, 3.63) is 48.3 Å². The van der Waals surface area contributed by atoms with Gasteiger partial charge in [-0.1, -0.05) is 6.07 Å². The summed E-state index contributed by atoms with van der Waals surface area (Å²) in [7, 11) is 0. The Morgan fingerprint density at radius 2 is 2.15 bits per heavy atom. The molecule has 0 N–H and O–H groups in total. The van der Waals surface area contributed by atoms with E-state index in [1.54, 1.807) is 0 Å². The molecule has 1 aliphatic rings. The SMILES string of the molecule is CCOC[C@]1(CCn2ccnc2)CCN(C(C)(C)c2ccc(C)nc2)C1. The summed E-state index contributed by atoms with van der Waals surface area (Å²) in [5, 5.41) is 0. The monoisotopic (exact) mass is 356 g/mol. The standard InChI is InChI=1S/C21H32N4O/c1-5-26-16-21(8-11-24-13-10-22-17-24)9-12-25(15-21)20(3,4)19-7-6-18(2)23-14-19/h6-7,10,13-14,17H,5,8-9,11-12,15-16H2,1-4H3/t21-/m1/s1. The van der Waals surface area contributed by atoms with Gasteiger partial charge in [0.2, 0.25) is 0 Å². The lowest BCUT2D eigenvalue weighted by atomic mass is 9.84. The second kappa shape index (κ2) is 7.89. The van der Waals surface area contributed by atoms with Crippen molar-refractivity contribution in [1.29, 1.82) is 0 Å². The van der Waals surface area contributed by atoms with Crippen molar-refractivity contribution in [2.45, 2.75) is 52.6 Å². The van der Waals surface area contributed by atoms with Crippen LogP contribution in [-0.2, 0) is 16.8 Å². The fraction of sp³-hybridized carbons (Fsp3) is 0.619. The highest BCUT2D eigenvalue weighted by atomic mass is 16.5. The zero-order chi connectivity index (χ0) is 18.6. The van der Waals surface area contributed by atoms with E-state index in [2.05, 4.69) is 52.3 Å². The van der Waals surface area contributed by atoms with Crippen LogP contribution in [0.1, 0.15) is 44.9 Å². The van der Waals surface area contributed by atoms with Crippen LogP contribution in [-0.4, -0.2) is 45.7 Å². The van der Waals surface area contributed by atoms with Crippen LogP contribution in [0.4, 0.5) is 0 Å². The van der Waals surface area contributed by atoms with E-state index in [9.17, 15) is 0 Å². The van der Waals surface area contributed by atoms with Crippen LogP contribution in [0.2, 0.25) is 0 Å². The number of likely N-dealkylation sites (tertiary alicyclic amines) is 1. The molecule has 2 aromatic rings. The first kappa shape index (κ1) is 19.1. The molecule has 3 heterocycles. The summed E-state index contributed by atoms with van der Waals surface area (Å²) in [5.74, 6) is 0. The minimum atomic E-state index is -0.0241. The smallest absolute Gasteiger partial charge is 0.0945 e. The highest BCUT2D eigenvalue weighted by Crippen LogP contribution is 2.41. The Morgan fingerprint density at radius 1 is 1.31 bits per heavy atom. The topological polar surface area (TPSA) is 43.2 Å². The molecular formula is C21H32N4O. The Bertz CT molecular complexity index is 681. The van der Waals surface area contributed by atoms with Crippen LogP contribution in [0.5, 0.6) is 0 Å². The highest BCUT2D eigenvalue weighted by molar-refractivity contribution is 5.22. The average molecular weight is 357 g/mol. The van der Waals surface area contributed by atoms with Gasteiger partial charge in [-0.15, -0.1) is 0 Å². The van der Waals surface area contributed by atoms with E-state index in [1.807, 2.05) is 31.8 Å². The Morgan fingerprint density at radius 3 is 2.81 bits per heavy atom. The van der Waals surface area contributed by atoms with Crippen molar-refractivity contribution in [1.82, 2.24) is 19.4 Å². The highest BCUT2D eigenvalue weighted by Gasteiger charge is 2.43. The van der Waals surface area contributed by atoms with E-state index in [1.165, 1.54) is 12.0 Å². The second-order valence-electron chi connectivity index (χ2n) is 8.11. The van der Waals surface area contributed by atoms with E-state index in [0.29, 0.717) is 0 Å². The molecule has 26 heavy (non-hydrogen) atoms. The largest absolute Gasteiger partial charge is 0.381 e. The molecule has 0 unspecified atom stereocenters. The molecular weight excluding hydrogens is 324 g/mol. The van der Waals surface area contributed by atoms with Crippen LogP contribution in [0.15, 0.2) is 37.1 Å². The summed E-state index contributed by atoms with van der Waals surface area (Å²) in [6.45, 7) is 13.5. The fourth-order valence-corrected chi connectivity index (χ4v) is 3.92. The zero-order valence-corrected chi connectivity index (χ0v) is 16.6. The van der Waals surface area contributed by atoms with Gasteiger partial charge >= 0.3 is 0 Å². The van der Waals surface area contributed by atoms with Gasteiger partial charge in [0.05, 0.1) is 12.9 Å². The molecule has 2 aromatic heterocycles. The first-order valence-corrected chi connectivity index (χ1v) is 9.67. The van der Waals surface area contributed by atoms with Crippen molar-refractivity contribution in [2.75, 3.05) is 26.3 Å². The summed E-state index contributed by atoms with van der Waals surface area (Å²) in [6.07, 6.45) is 10.1. The first-order valence-electron chi connectivity index (χ1n) is 9.67.